The summed E-state index contributed by atoms with van der Waals surface area (Å²) in [6.45, 7) is 4.22. The molecular weight excluding hydrogens is 259 g/mol. The predicted octanol–water partition coefficient (Wildman–Crippen LogP) is 1.54. The monoisotopic (exact) mass is 280 g/mol. The summed E-state index contributed by atoms with van der Waals surface area (Å²) < 4.78 is 32.3. The maximum absolute atomic E-state index is 11.3. The van der Waals surface area contributed by atoms with Crippen molar-refractivity contribution in [1.29, 1.82) is 0 Å². The lowest BCUT2D eigenvalue weighted by atomic mass is 10.1. The van der Waals surface area contributed by atoms with E-state index in [1.165, 1.54) is 13.2 Å². The van der Waals surface area contributed by atoms with E-state index in [1.54, 1.807) is 7.11 Å². The fourth-order valence-electron chi connectivity index (χ4n) is 1.71. The molecule has 1 unspecified atom stereocenters. The first-order valence-electron chi connectivity index (χ1n) is 5.77. The van der Waals surface area contributed by atoms with Gasteiger partial charge in [-0.2, -0.15) is 0 Å². The number of rotatable bonds is 6. The van der Waals surface area contributed by atoms with Crippen LogP contribution in [0.1, 0.15) is 13.8 Å². The SMILES string of the molecule is CO[C@H]1CO[C@H](/C=C/P(=O)(O)OC)[C@H]1OC(C)C. The zero-order chi connectivity index (χ0) is 13.8. The minimum absolute atomic E-state index is 0.0219. The zero-order valence-electron chi connectivity index (χ0n) is 11.1. The second-order valence-electron chi connectivity index (χ2n) is 4.31. The van der Waals surface area contributed by atoms with Crippen LogP contribution in [0.15, 0.2) is 11.9 Å². The van der Waals surface area contributed by atoms with Crippen molar-refractivity contribution in [2.45, 2.75) is 38.3 Å². The van der Waals surface area contributed by atoms with Crippen LogP contribution in [0.2, 0.25) is 0 Å². The highest BCUT2D eigenvalue weighted by Gasteiger charge is 2.38. The summed E-state index contributed by atoms with van der Waals surface area (Å²) in [5, 5.41) is 0. The largest absolute Gasteiger partial charge is 0.376 e. The molecule has 0 aromatic heterocycles. The van der Waals surface area contributed by atoms with Gasteiger partial charge >= 0.3 is 7.60 Å². The van der Waals surface area contributed by atoms with E-state index >= 15 is 0 Å². The average Bonchev–Trinajstić information content (AvgIpc) is 2.68. The van der Waals surface area contributed by atoms with Gasteiger partial charge < -0.3 is 23.6 Å². The Labute approximate surface area is 107 Å². The number of ether oxygens (including phenoxy) is 3. The molecule has 1 heterocycles. The Balaban J connectivity index is 2.72. The van der Waals surface area contributed by atoms with Crippen LogP contribution in [-0.4, -0.2) is 50.1 Å². The topological polar surface area (TPSA) is 74.2 Å². The van der Waals surface area contributed by atoms with Crippen molar-refractivity contribution >= 4 is 7.60 Å². The Hall–Kier alpha value is -0.230. The van der Waals surface area contributed by atoms with Gasteiger partial charge in [-0.3, -0.25) is 4.57 Å². The molecule has 1 N–H and O–H groups in total. The van der Waals surface area contributed by atoms with Crippen LogP contribution in [0.3, 0.4) is 0 Å². The molecule has 1 fully saturated rings. The molecule has 1 aliphatic heterocycles. The minimum atomic E-state index is -3.67. The molecule has 0 bridgehead atoms. The van der Waals surface area contributed by atoms with Gasteiger partial charge in [0.25, 0.3) is 0 Å². The second-order valence-corrected chi connectivity index (χ2v) is 6.10. The lowest BCUT2D eigenvalue weighted by Gasteiger charge is -2.23. The normalized spacial score (nSPS) is 32.2. The van der Waals surface area contributed by atoms with Gasteiger partial charge in [-0.05, 0) is 19.9 Å². The van der Waals surface area contributed by atoms with Crippen LogP contribution < -0.4 is 0 Å². The fraction of sp³-hybridized carbons (Fsp3) is 0.818. The number of hydrogen-bond acceptors (Lipinski definition) is 5. The third-order valence-electron chi connectivity index (χ3n) is 2.60. The Bertz CT molecular complexity index is 329. The summed E-state index contributed by atoms with van der Waals surface area (Å²) in [6, 6.07) is 0. The van der Waals surface area contributed by atoms with Crippen LogP contribution >= 0.6 is 7.60 Å². The van der Waals surface area contributed by atoms with E-state index in [-0.39, 0.29) is 18.3 Å². The molecule has 0 saturated carbocycles. The van der Waals surface area contributed by atoms with Crippen LogP contribution in [0, 0.1) is 0 Å². The van der Waals surface area contributed by atoms with E-state index in [4.69, 9.17) is 14.2 Å². The molecule has 0 aromatic carbocycles. The molecule has 0 amide bonds. The van der Waals surface area contributed by atoms with E-state index in [0.717, 1.165) is 5.82 Å². The lowest BCUT2D eigenvalue weighted by molar-refractivity contribution is -0.0659. The molecule has 1 rings (SSSR count). The molecule has 0 aliphatic carbocycles. The summed E-state index contributed by atoms with van der Waals surface area (Å²) in [5.74, 6) is 1.12. The summed E-state index contributed by atoms with van der Waals surface area (Å²) in [5.41, 5.74) is 0. The minimum Gasteiger partial charge on any atom is -0.376 e. The first-order chi connectivity index (χ1) is 8.39. The average molecular weight is 280 g/mol. The van der Waals surface area contributed by atoms with Gasteiger partial charge in [-0.25, -0.2) is 0 Å². The van der Waals surface area contributed by atoms with E-state index < -0.39 is 13.7 Å². The molecule has 18 heavy (non-hydrogen) atoms. The highest BCUT2D eigenvalue weighted by molar-refractivity contribution is 7.56. The quantitative estimate of drug-likeness (QED) is 0.744. The third kappa shape index (κ3) is 4.46. The van der Waals surface area contributed by atoms with Crippen LogP contribution in [0.4, 0.5) is 0 Å². The first-order valence-corrected chi connectivity index (χ1v) is 7.41. The predicted molar refractivity (Wildman–Crippen MR) is 66.5 cm³/mol. The van der Waals surface area contributed by atoms with Gasteiger partial charge in [0, 0.05) is 20.0 Å². The molecule has 106 valence electrons. The van der Waals surface area contributed by atoms with Gasteiger partial charge in [0.2, 0.25) is 0 Å². The van der Waals surface area contributed by atoms with Crippen molar-refractivity contribution in [3.63, 3.8) is 0 Å². The van der Waals surface area contributed by atoms with E-state index in [0.29, 0.717) is 6.61 Å². The summed E-state index contributed by atoms with van der Waals surface area (Å²) in [4.78, 5) is 9.29. The highest BCUT2D eigenvalue weighted by Crippen LogP contribution is 2.42. The van der Waals surface area contributed by atoms with E-state index in [1.807, 2.05) is 13.8 Å². The van der Waals surface area contributed by atoms with Gasteiger partial charge in [-0.1, -0.05) is 0 Å². The molecule has 4 atom stereocenters. The highest BCUT2D eigenvalue weighted by atomic mass is 31.2. The Morgan fingerprint density at radius 3 is 2.61 bits per heavy atom. The zero-order valence-corrected chi connectivity index (χ0v) is 12.0. The van der Waals surface area contributed by atoms with Crippen molar-refractivity contribution in [3.8, 4) is 0 Å². The number of hydrogen-bond donors (Lipinski definition) is 1. The summed E-state index contributed by atoms with van der Waals surface area (Å²) in [6.07, 6.45) is 0.642. The molecule has 0 spiro atoms. The van der Waals surface area contributed by atoms with Gasteiger partial charge in [0.15, 0.2) is 0 Å². The van der Waals surface area contributed by atoms with E-state index in [2.05, 4.69) is 4.52 Å². The first kappa shape index (κ1) is 15.8. The van der Waals surface area contributed by atoms with E-state index in [9.17, 15) is 9.46 Å². The molecule has 1 aliphatic rings. The summed E-state index contributed by atoms with van der Waals surface area (Å²) >= 11 is 0. The standard InChI is InChI=1S/C11H21O6P/c1-8(2)17-11-9(16-7-10(11)14-3)5-6-18(12,13)15-4/h5-6,8-11H,7H2,1-4H3,(H,12,13)/b6-5+/t9-,10+,11-/m1/s1. The molecule has 7 heteroatoms. The van der Waals surface area contributed by atoms with Crippen LogP contribution in [0.25, 0.3) is 0 Å². The van der Waals surface area contributed by atoms with Gasteiger partial charge in [-0.15, -0.1) is 0 Å². The van der Waals surface area contributed by atoms with Crippen molar-refractivity contribution in [2.24, 2.45) is 0 Å². The van der Waals surface area contributed by atoms with Gasteiger partial charge in [0.1, 0.15) is 18.3 Å². The maximum atomic E-state index is 11.3. The van der Waals surface area contributed by atoms with Crippen molar-refractivity contribution < 1.29 is 28.2 Å². The maximum Gasteiger partial charge on any atom is 0.351 e. The van der Waals surface area contributed by atoms with Crippen LogP contribution in [0.5, 0.6) is 0 Å². The lowest BCUT2D eigenvalue weighted by Crippen LogP contribution is -2.35. The summed E-state index contributed by atoms with van der Waals surface area (Å²) in [7, 11) is -0.904. The van der Waals surface area contributed by atoms with Crippen molar-refractivity contribution in [2.75, 3.05) is 20.8 Å². The molecule has 1 saturated heterocycles. The second kappa shape index (κ2) is 6.80. The van der Waals surface area contributed by atoms with Crippen molar-refractivity contribution in [1.82, 2.24) is 0 Å². The van der Waals surface area contributed by atoms with Crippen LogP contribution in [-0.2, 0) is 23.3 Å². The Morgan fingerprint density at radius 2 is 2.11 bits per heavy atom. The molecular formula is C11H21O6P. The fourth-order valence-corrected chi connectivity index (χ4v) is 2.22. The number of methoxy groups -OCH3 is 1. The Morgan fingerprint density at radius 1 is 1.44 bits per heavy atom. The Kier molecular flexibility index (Phi) is 5.98. The smallest absolute Gasteiger partial charge is 0.351 e. The van der Waals surface area contributed by atoms with Gasteiger partial charge in [0.05, 0.1) is 12.7 Å². The third-order valence-corrected chi connectivity index (χ3v) is 3.67. The van der Waals surface area contributed by atoms with Crippen molar-refractivity contribution in [3.05, 3.63) is 11.9 Å². The molecule has 0 radical (unpaired) electrons. The molecule has 6 nitrogen and oxygen atoms in total. The molecule has 0 aromatic rings.